The molecular formula is C29H41N7O3. The number of pyridine rings is 1. The van der Waals surface area contributed by atoms with Crippen molar-refractivity contribution in [1.82, 2.24) is 24.8 Å². The van der Waals surface area contributed by atoms with E-state index in [0.29, 0.717) is 36.8 Å². The molecule has 4 rings (SSSR count). The Morgan fingerprint density at radius 2 is 1.95 bits per heavy atom. The molecular weight excluding hydrogens is 494 g/mol. The van der Waals surface area contributed by atoms with Crippen LogP contribution < -0.4 is 16.4 Å². The van der Waals surface area contributed by atoms with Gasteiger partial charge < -0.3 is 26.0 Å². The van der Waals surface area contributed by atoms with Gasteiger partial charge in [-0.3, -0.25) is 9.78 Å². The van der Waals surface area contributed by atoms with Crippen molar-refractivity contribution in [2.45, 2.75) is 66.2 Å². The van der Waals surface area contributed by atoms with Crippen molar-refractivity contribution in [3.8, 4) is 11.1 Å². The monoisotopic (exact) mass is 535 g/mol. The Balaban J connectivity index is 1.60. The Bertz CT molecular complexity index is 1310. The summed E-state index contributed by atoms with van der Waals surface area (Å²) in [7, 11) is 0. The summed E-state index contributed by atoms with van der Waals surface area (Å²) in [5, 5.41) is 11.4. The molecule has 1 aliphatic heterocycles. The van der Waals surface area contributed by atoms with Crippen LogP contribution in [0.1, 0.15) is 64.0 Å². The number of carbonyl (C=O) groups excluding carboxylic acids is 2. The molecule has 0 aliphatic carbocycles. The average Bonchev–Trinajstić information content (AvgIpc) is 3.48. The molecule has 4 heterocycles. The second-order valence-electron chi connectivity index (χ2n) is 11.7. The lowest BCUT2D eigenvalue weighted by Crippen LogP contribution is -2.36. The minimum Gasteiger partial charge on any atom is -0.444 e. The van der Waals surface area contributed by atoms with Gasteiger partial charge in [0.05, 0.1) is 28.7 Å². The van der Waals surface area contributed by atoms with Crippen LogP contribution in [0.15, 0.2) is 36.8 Å². The van der Waals surface area contributed by atoms with Crippen molar-refractivity contribution in [3.05, 3.63) is 48.0 Å². The summed E-state index contributed by atoms with van der Waals surface area (Å²) in [4.78, 5) is 31.5. The molecule has 0 aromatic carbocycles. The third kappa shape index (κ3) is 6.86. The van der Waals surface area contributed by atoms with Gasteiger partial charge in [0.25, 0.3) is 5.91 Å². The summed E-state index contributed by atoms with van der Waals surface area (Å²) in [6.45, 7) is 14.7. The molecule has 2 amide bonds. The zero-order valence-corrected chi connectivity index (χ0v) is 23.8. The number of hydrogen-bond donors (Lipinski definition) is 3. The van der Waals surface area contributed by atoms with Crippen LogP contribution in [-0.2, 0) is 11.3 Å². The summed E-state index contributed by atoms with van der Waals surface area (Å²) in [5.41, 5.74) is 9.68. The fraction of sp³-hybridized carbons (Fsp3) is 0.517. The van der Waals surface area contributed by atoms with Gasteiger partial charge in [-0.2, -0.15) is 5.10 Å². The van der Waals surface area contributed by atoms with Crippen molar-refractivity contribution < 1.29 is 14.3 Å². The fourth-order valence-corrected chi connectivity index (χ4v) is 4.85. The third-order valence-electron chi connectivity index (χ3n) is 6.87. The van der Waals surface area contributed by atoms with Gasteiger partial charge in [0.15, 0.2) is 0 Å². The Morgan fingerprint density at radius 3 is 2.56 bits per heavy atom. The minimum atomic E-state index is -0.569. The maximum Gasteiger partial charge on any atom is 0.410 e. The SMILES string of the molecule is CCC1CN(C(=O)OC(C)(C)C)CC1Nc1c(C(N)=O)cnn2cc(-c3ccc(CNCC(C)C)nc3)cc12. The average molecular weight is 536 g/mol. The van der Waals surface area contributed by atoms with E-state index < -0.39 is 11.5 Å². The van der Waals surface area contributed by atoms with Crippen LogP contribution >= 0.6 is 0 Å². The van der Waals surface area contributed by atoms with Gasteiger partial charge in [-0.15, -0.1) is 0 Å². The molecule has 3 aromatic heterocycles. The van der Waals surface area contributed by atoms with Crippen LogP contribution in [-0.4, -0.2) is 62.8 Å². The Labute approximate surface area is 230 Å². The third-order valence-corrected chi connectivity index (χ3v) is 6.87. The van der Waals surface area contributed by atoms with Gasteiger partial charge in [0.1, 0.15) is 5.60 Å². The second-order valence-corrected chi connectivity index (χ2v) is 11.7. The molecule has 2 atom stereocenters. The van der Waals surface area contributed by atoms with Crippen LogP contribution in [0.5, 0.6) is 0 Å². The first-order valence-electron chi connectivity index (χ1n) is 13.7. The van der Waals surface area contributed by atoms with Crippen molar-refractivity contribution in [1.29, 1.82) is 0 Å². The number of nitrogens with two attached hydrogens (primary N) is 1. The number of carbonyl (C=O) groups is 2. The number of aromatic nitrogens is 3. The number of primary amides is 1. The van der Waals surface area contributed by atoms with Gasteiger partial charge in [-0.05, 0) is 57.7 Å². The van der Waals surface area contributed by atoms with E-state index in [4.69, 9.17) is 10.5 Å². The van der Waals surface area contributed by atoms with Gasteiger partial charge in [-0.25, -0.2) is 9.31 Å². The molecule has 0 bridgehead atoms. The Hall–Kier alpha value is -3.66. The maximum absolute atomic E-state index is 12.8. The number of fused-ring (bicyclic) bond motifs is 1. The van der Waals surface area contributed by atoms with E-state index in [1.165, 1.54) is 6.20 Å². The maximum atomic E-state index is 12.8. The summed E-state index contributed by atoms with van der Waals surface area (Å²) in [6.07, 6.45) is 5.79. The molecule has 0 radical (unpaired) electrons. The number of nitrogens with one attached hydrogen (secondary N) is 2. The lowest BCUT2D eigenvalue weighted by molar-refractivity contribution is 0.0287. The molecule has 1 aliphatic rings. The van der Waals surface area contributed by atoms with Crippen molar-refractivity contribution in [2.24, 2.45) is 17.6 Å². The summed E-state index contributed by atoms with van der Waals surface area (Å²) in [5.74, 6) is 0.197. The van der Waals surface area contributed by atoms with E-state index in [-0.39, 0.29) is 18.1 Å². The number of rotatable bonds is 9. The molecule has 210 valence electrons. The molecule has 1 saturated heterocycles. The standard InChI is InChI=1S/C29H41N7O3/c1-7-19-15-35(28(38)39-29(4,5)6)17-24(19)34-26-23(27(30)37)14-33-36-16-21(10-25(26)36)20-8-9-22(32-12-20)13-31-11-18(2)3/h8-10,12,14,16,18-19,24,31,34H,7,11,13,15,17H2,1-6H3,(H2,30,37). The van der Waals surface area contributed by atoms with Crippen molar-refractivity contribution >= 4 is 23.2 Å². The van der Waals surface area contributed by atoms with Crippen LogP contribution in [0.2, 0.25) is 0 Å². The van der Waals surface area contributed by atoms with Gasteiger partial charge in [0, 0.05) is 49.2 Å². The number of ether oxygens (including phenoxy) is 1. The molecule has 1 fully saturated rings. The molecule has 10 heteroatoms. The predicted molar refractivity (Wildman–Crippen MR) is 152 cm³/mol. The van der Waals surface area contributed by atoms with E-state index >= 15 is 0 Å². The lowest BCUT2D eigenvalue weighted by Gasteiger charge is -2.24. The normalized spacial score (nSPS) is 17.7. The second kappa shape index (κ2) is 11.6. The fourth-order valence-electron chi connectivity index (χ4n) is 4.85. The first kappa shape index (κ1) is 28.4. The van der Waals surface area contributed by atoms with Crippen LogP contribution in [0.4, 0.5) is 10.5 Å². The number of anilines is 1. The Morgan fingerprint density at radius 1 is 1.18 bits per heavy atom. The molecule has 3 aromatic rings. The predicted octanol–water partition coefficient (Wildman–Crippen LogP) is 4.30. The smallest absolute Gasteiger partial charge is 0.410 e. The summed E-state index contributed by atoms with van der Waals surface area (Å²) < 4.78 is 7.34. The molecule has 0 spiro atoms. The lowest BCUT2D eigenvalue weighted by atomic mass is 10.00. The Kier molecular flexibility index (Phi) is 8.44. The largest absolute Gasteiger partial charge is 0.444 e. The zero-order valence-electron chi connectivity index (χ0n) is 23.8. The summed E-state index contributed by atoms with van der Waals surface area (Å²) >= 11 is 0. The first-order chi connectivity index (χ1) is 18.4. The minimum absolute atomic E-state index is 0.0792. The summed E-state index contributed by atoms with van der Waals surface area (Å²) in [6, 6.07) is 5.96. The number of hydrogen-bond acceptors (Lipinski definition) is 7. The van der Waals surface area contributed by atoms with E-state index in [1.807, 2.05) is 51.4 Å². The number of amides is 2. The zero-order chi connectivity index (χ0) is 28.3. The van der Waals surface area contributed by atoms with Crippen molar-refractivity contribution in [2.75, 3.05) is 25.0 Å². The highest BCUT2D eigenvalue weighted by Crippen LogP contribution is 2.32. The highest BCUT2D eigenvalue weighted by molar-refractivity contribution is 6.02. The van der Waals surface area contributed by atoms with Gasteiger partial charge in [-0.1, -0.05) is 26.8 Å². The first-order valence-corrected chi connectivity index (χ1v) is 13.7. The van der Waals surface area contributed by atoms with E-state index in [0.717, 1.165) is 35.3 Å². The van der Waals surface area contributed by atoms with Gasteiger partial charge in [0.2, 0.25) is 0 Å². The van der Waals surface area contributed by atoms with Crippen LogP contribution in [0.25, 0.3) is 16.6 Å². The molecule has 39 heavy (non-hydrogen) atoms. The number of likely N-dealkylation sites (tertiary alicyclic amines) is 1. The molecule has 10 nitrogen and oxygen atoms in total. The molecule has 0 saturated carbocycles. The highest BCUT2D eigenvalue weighted by atomic mass is 16.6. The topological polar surface area (TPSA) is 127 Å². The van der Waals surface area contributed by atoms with E-state index in [1.54, 1.807) is 9.42 Å². The van der Waals surface area contributed by atoms with Gasteiger partial charge >= 0.3 is 6.09 Å². The quantitative estimate of drug-likeness (QED) is 0.373. The van der Waals surface area contributed by atoms with E-state index in [9.17, 15) is 9.59 Å². The van der Waals surface area contributed by atoms with Crippen LogP contribution in [0, 0.1) is 11.8 Å². The van der Waals surface area contributed by atoms with E-state index in [2.05, 4.69) is 41.5 Å². The highest BCUT2D eigenvalue weighted by Gasteiger charge is 2.37. The van der Waals surface area contributed by atoms with Crippen molar-refractivity contribution in [3.63, 3.8) is 0 Å². The van der Waals surface area contributed by atoms with Crippen LogP contribution in [0.3, 0.4) is 0 Å². The number of nitrogens with zero attached hydrogens (tertiary/aromatic N) is 4. The molecule has 4 N–H and O–H groups in total. The molecule has 2 unspecified atom stereocenters.